The Morgan fingerprint density at radius 2 is 2.06 bits per heavy atom. The van der Waals surface area contributed by atoms with Crippen molar-refractivity contribution in [3.63, 3.8) is 0 Å². The van der Waals surface area contributed by atoms with Crippen molar-refractivity contribution in [1.82, 2.24) is 0 Å². The summed E-state index contributed by atoms with van der Waals surface area (Å²) in [5.41, 5.74) is 1.29. The van der Waals surface area contributed by atoms with Crippen LogP contribution >= 0.6 is 11.6 Å². The number of anilines is 1. The molecule has 0 fully saturated rings. The Morgan fingerprint density at radius 3 is 2.59 bits per heavy atom. The number of carbonyl (C=O) groups is 2. The second-order valence-corrected chi connectivity index (χ2v) is 4.17. The standard InChI is InChI=1S/C12H14ClNO3/c1-7-4-9(13)6-10(12(7)17-3)14-11(16)5-8(2)15/h4,6H,5H2,1-3H3,(H,14,16). The quantitative estimate of drug-likeness (QED) is 0.842. The minimum atomic E-state index is -0.377. The highest BCUT2D eigenvalue weighted by molar-refractivity contribution is 6.31. The van der Waals surface area contributed by atoms with E-state index >= 15 is 0 Å². The Morgan fingerprint density at radius 1 is 1.41 bits per heavy atom. The smallest absolute Gasteiger partial charge is 0.231 e. The molecule has 1 amide bonds. The molecular formula is C12H14ClNO3. The maximum absolute atomic E-state index is 11.5. The molecular weight excluding hydrogens is 242 g/mol. The Bertz CT molecular complexity index is 457. The van der Waals surface area contributed by atoms with Gasteiger partial charge in [-0.3, -0.25) is 9.59 Å². The number of methoxy groups -OCH3 is 1. The molecule has 1 rings (SSSR count). The van der Waals surface area contributed by atoms with Gasteiger partial charge in [0.2, 0.25) is 5.91 Å². The van der Waals surface area contributed by atoms with E-state index in [4.69, 9.17) is 16.3 Å². The highest BCUT2D eigenvalue weighted by Crippen LogP contribution is 2.32. The molecule has 0 atom stereocenters. The summed E-state index contributed by atoms with van der Waals surface area (Å²) in [6.45, 7) is 3.19. The van der Waals surface area contributed by atoms with E-state index in [-0.39, 0.29) is 18.1 Å². The molecule has 0 radical (unpaired) electrons. The van der Waals surface area contributed by atoms with Crippen molar-refractivity contribution in [2.45, 2.75) is 20.3 Å². The molecule has 0 saturated carbocycles. The van der Waals surface area contributed by atoms with E-state index in [9.17, 15) is 9.59 Å². The molecule has 0 aliphatic carbocycles. The summed E-state index contributed by atoms with van der Waals surface area (Å²) >= 11 is 5.89. The largest absolute Gasteiger partial charge is 0.494 e. The molecule has 0 aromatic heterocycles. The molecule has 0 aliphatic rings. The van der Waals surface area contributed by atoms with Gasteiger partial charge in [0.25, 0.3) is 0 Å². The van der Waals surface area contributed by atoms with Crippen LogP contribution in [0, 0.1) is 6.92 Å². The molecule has 4 nitrogen and oxygen atoms in total. The molecule has 0 saturated heterocycles. The third kappa shape index (κ3) is 3.75. The number of Topliss-reactive ketones (excluding diaryl/α,β-unsaturated/α-hetero) is 1. The van der Waals surface area contributed by atoms with Crippen molar-refractivity contribution in [3.05, 3.63) is 22.7 Å². The summed E-state index contributed by atoms with van der Waals surface area (Å²) in [6.07, 6.45) is -0.158. The minimum absolute atomic E-state index is 0.158. The number of nitrogens with one attached hydrogen (secondary N) is 1. The van der Waals surface area contributed by atoms with E-state index in [1.165, 1.54) is 14.0 Å². The van der Waals surface area contributed by atoms with Gasteiger partial charge in [0, 0.05) is 5.02 Å². The van der Waals surface area contributed by atoms with E-state index in [0.717, 1.165) is 5.56 Å². The Balaban J connectivity index is 2.97. The highest BCUT2D eigenvalue weighted by Gasteiger charge is 2.12. The predicted octanol–water partition coefficient (Wildman–Crippen LogP) is 2.57. The first-order valence-corrected chi connectivity index (χ1v) is 5.45. The van der Waals surface area contributed by atoms with Gasteiger partial charge in [-0.25, -0.2) is 0 Å². The first kappa shape index (κ1) is 13.5. The lowest BCUT2D eigenvalue weighted by molar-refractivity contribution is -0.124. The number of hydrogen-bond acceptors (Lipinski definition) is 3. The van der Waals surface area contributed by atoms with Gasteiger partial charge in [-0.1, -0.05) is 11.6 Å². The van der Waals surface area contributed by atoms with Crippen LogP contribution < -0.4 is 10.1 Å². The predicted molar refractivity (Wildman–Crippen MR) is 66.7 cm³/mol. The molecule has 0 unspecified atom stereocenters. The van der Waals surface area contributed by atoms with Gasteiger partial charge in [0.1, 0.15) is 11.5 Å². The zero-order valence-corrected chi connectivity index (χ0v) is 10.7. The van der Waals surface area contributed by atoms with Gasteiger partial charge in [0.15, 0.2) is 0 Å². The molecule has 92 valence electrons. The second kappa shape index (κ2) is 5.68. The lowest BCUT2D eigenvalue weighted by atomic mass is 10.2. The van der Waals surface area contributed by atoms with Gasteiger partial charge < -0.3 is 10.1 Å². The van der Waals surface area contributed by atoms with Gasteiger partial charge in [-0.05, 0) is 31.5 Å². The lowest BCUT2D eigenvalue weighted by Crippen LogP contribution is -2.15. The van der Waals surface area contributed by atoms with Crippen molar-refractivity contribution in [2.75, 3.05) is 12.4 Å². The molecule has 0 aliphatic heterocycles. The van der Waals surface area contributed by atoms with Crippen LogP contribution in [-0.4, -0.2) is 18.8 Å². The SMILES string of the molecule is COc1c(C)cc(Cl)cc1NC(=O)CC(C)=O. The van der Waals surface area contributed by atoms with Gasteiger partial charge in [0.05, 0.1) is 19.2 Å². The first-order chi connectivity index (χ1) is 7.93. The molecule has 0 spiro atoms. The fraction of sp³-hybridized carbons (Fsp3) is 0.333. The van der Waals surface area contributed by atoms with Crippen LogP contribution in [-0.2, 0) is 9.59 Å². The van der Waals surface area contributed by atoms with Crippen molar-refractivity contribution >= 4 is 29.0 Å². The van der Waals surface area contributed by atoms with E-state index in [1.54, 1.807) is 12.1 Å². The number of ketones is 1. The van der Waals surface area contributed by atoms with Gasteiger partial charge in [-0.2, -0.15) is 0 Å². The summed E-state index contributed by atoms with van der Waals surface area (Å²) in [4.78, 5) is 22.3. The zero-order valence-electron chi connectivity index (χ0n) is 9.96. The third-order valence-corrected chi connectivity index (χ3v) is 2.35. The van der Waals surface area contributed by atoms with Crippen LogP contribution in [0.25, 0.3) is 0 Å². The maximum Gasteiger partial charge on any atom is 0.231 e. The number of benzene rings is 1. The van der Waals surface area contributed by atoms with Crippen molar-refractivity contribution < 1.29 is 14.3 Å². The van der Waals surface area contributed by atoms with E-state index in [2.05, 4.69) is 5.32 Å². The Hall–Kier alpha value is -1.55. The van der Waals surface area contributed by atoms with Crippen LogP contribution in [0.2, 0.25) is 5.02 Å². The topological polar surface area (TPSA) is 55.4 Å². The second-order valence-electron chi connectivity index (χ2n) is 3.73. The lowest BCUT2D eigenvalue weighted by Gasteiger charge is -2.12. The van der Waals surface area contributed by atoms with Crippen LogP contribution in [0.1, 0.15) is 18.9 Å². The average Bonchev–Trinajstić information content (AvgIpc) is 2.15. The van der Waals surface area contributed by atoms with E-state index in [1.807, 2.05) is 6.92 Å². The maximum atomic E-state index is 11.5. The molecule has 17 heavy (non-hydrogen) atoms. The van der Waals surface area contributed by atoms with Gasteiger partial charge >= 0.3 is 0 Å². The number of halogens is 1. The normalized spacial score (nSPS) is 9.88. The number of ether oxygens (including phenoxy) is 1. The summed E-state index contributed by atoms with van der Waals surface area (Å²) in [5.74, 6) is -0.0241. The van der Waals surface area contributed by atoms with Crippen LogP contribution in [0.4, 0.5) is 5.69 Å². The zero-order chi connectivity index (χ0) is 13.0. The third-order valence-electron chi connectivity index (χ3n) is 2.13. The summed E-state index contributed by atoms with van der Waals surface area (Å²) in [5, 5.41) is 3.11. The summed E-state index contributed by atoms with van der Waals surface area (Å²) in [7, 11) is 1.51. The number of rotatable bonds is 4. The van der Waals surface area contributed by atoms with Crippen molar-refractivity contribution in [2.24, 2.45) is 0 Å². The Labute approximate surface area is 105 Å². The number of hydrogen-bond donors (Lipinski definition) is 1. The summed E-state index contributed by atoms with van der Waals surface area (Å²) in [6, 6.07) is 3.33. The van der Waals surface area contributed by atoms with E-state index in [0.29, 0.717) is 16.5 Å². The number of carbonyl (C=O) groups excluding carboxylic acids is 2. The van der Waals surface area contributed by atoms with Crippen LogP contribution in [0.15, 0.2) is 12.1 Å². The first-order valence-electron chi connectivity index (χ1n) is 5.07. The minimum Gasteiger partial charge on any atom is -0.494 e. The van der Waals surface area contributed by atoms with Crippen molar-refractivity contribution in [3.8, 4) is 5.75 Å². The summed E-state index contributed by atoms with van der Waals surface area (Å²) < 4.78 is 5.18. The highest BCUT2D eigenvalue weighted by atomic mass is 35.5. The monoisotopic (exact) mass is 255 g/mol. The molecule has 1 N–H and O–H groups in total. The molecule has 5 heteroatoms. The molecule has 1 aromatic rings. The molecule has 0 bridgehead atoms. The van der Waals surface area contributed by atoms with Crippen molar-refractivity contribution in [1.29, 1.82) is 0 Å². The Kier molecular flexibility index (Phi) is 4.52. The molecule has 0 heterocycles. The number of amides is 1. The van der Waals surface area contributed by atoms with Gasteiger partial charge in [-0.15, -0.1) is 0 Å². The fourth-order valence-electron chi connectivity index (χ4n) is 1.51. The van der Waals surface area contributed by atoms with Crippen LogP contribution in [0.3, 0.4) is 0 Å². The number of aryl methyl sites for hydroxylation is 1. The molecule has 1 aromatic carbocycles. The average molecular weight is 256 g/mol. The van der Waals surface area contributed by atoms with Crippen LogP contribution in [0.5, 0.6) is 5.75 Å². The fourth-order valence-corrected chi connectivity index (χ4v) is 1.79. The van der Waals surface area contributed by atoms with E-state index < -0.39 is 0 Å².